The maximum absolute atomic E-state index is 10.4. The molecule has 1 heterocycles. The van der Waals surface area contributed by atoms with E-state index in [1.54, 1.807) is 0 Å². The van der Waals surface area contributed by atoms with Gasteiger partial charge < -0.3 is 15.2 Å². The number of rotatable bonds is 5. The Morgan fingerprint density at radius 3 is 2.69 bits per heavy atom. The van der Waals surface area contributed by atoms with E-state index in [9.17, 15) is 4.79 Å². The van der Waals surface area contributed by atoms with E-state index in [1.807, 2.05) is 0 Å². The van der Waals surface area contributed by atoms with Gasteiger partial charge in [0, 0.05) is 6.04 Å². The smallest absolute Gasteiger partial charge is 0.404 e. The van der Waals surface area contributed by atoms with Crippen molar-refractivity contribution in [1.82, 2.24) is 5.32 Å². The molecule has 1 rings (SSSR count). The van der Waals surface area contributed by atoms with E-state index in [4.69, 9.17) is 9.84 Å². The molecule has 1 saturated heterocycles. The normalized spacial score (nSPS) is 22.8. The van der Waals surface area contributed by atoms with E-state index < -0.39 is 6.09 Å². The van der Waals surface area contributed by atoms with Gasteiger partial charge in [-0.25, -0.2) is 4.79 Å². The summed E-state index contributed by atoms with van der Waals surface area (Å²) in [5.74, 6) is 0.510. The Morgan fingerprint density at radius 1 is 1.69 bits per heavy atom. The van der Waals surface area contributed by atoms with Gasteiger partial charge in [-0.05, 0) is 18.8 Å². The number of carbonyl (C=O) groups is 1. The van der Waals surface area contributed by atoms with E-state index in [2.05, 4.69) is 19.2 Å². The average Bonchev–Trinajstić information content (AvgIpc) is 2.67. The highest BCUT2D eigenvalue weighted by Crippen LogP contribution is 2.19. The van der Waals surface area contributed by atoms with E-state index in [0.717, 1.165) is 19.4 Å². The van der Waals surface area contributed by atoms with Gasteiger partial charge in [0.05, 0.1) is 12.7 Å². The molecule has 1 fully saturated rings. The highest BCUT2D eigenvalue weighted by atomic mass is 16.6. The number of amides is 1. The molecular formula is C9H17NO3. The van der Waals surface area contributed by atoms with Gasteiger partial charge >= 0.3 is 6.09 Å². The highest BCUT2D eigenvalue weighted by Gasteiger charge is 2.27. The first kappa shape index (κ1) is 10.3. The standard InChI is InChI=1S/C9H17NO3/c1-6(2)3-7(10-9(11)12)4-8-5-13-8/h6-8,10H,3-5H2,1-2H3,(H,11,12)/t7?,8-/m0/s1. The average molecular weight is 187 g/mol. The van der Waals surface area contributed by atoms with Crippen molar-refractivity contribution in [3.05, 3.63) is 0 Å². The van der Waals surface area contributed by atoms with Crippen molar-refractivity contribution < 1.29 is 14.6 Å². The van der Waals surface area contributed by atoms with Gasteiger partial charge in [0.1, 0.15) is 0 Å². The Morgan fingerprint density at radius 2 is 2.31 bits per heavy atom. The number of carboxylic acid groups (broad SMARTS) is 1. The first-order valence-electron chi connectivity index (χ1n) is 4.69. The van der Waals surface area contributed by atoms with Crippen molar-refractivity contribution >= 4 is 6.09 Å². The van der Waals surface area contributed by atoms with Crippen LogP contribution in [0.2, 0.25) is 0 Å². The number of epoxide rings is 1. The summed E-state index contributed by atoms with van der Waals surface area (Å²) < 4.78 is 5.07. The maximum Gasteiger partial charge on any atom is 0.404 e. The molecule has 0 aromatic rings. The van der Waals surface area contributed by atoms with Gasteiger partial charge in [0.2, 0.25) is 0 Å². The molecule has 0 aromatic heterocycles. The van der Waals surface area contributed by atoms with Crippen LogP contribution in [0.15, 0.2) is 0 Å². The molecule has 13 heavy (non-hydrogen) atoms. The lowest BCUT2D eigenvalue weighted by atomic mass is 10.00. The van der Waals surface area contributed by atoms with Crippen LogP contribution < -0.4 is 5.32 Å². The fraction of sp³-hybridized carbons (Fsp3) is 0.889. The molecule has 4 heteroatoms. The third kappa shape index (κ3) is 4.72. The highest BCUT2D eigenvalue weighted by molar-refractivity contribution is 5.64. The summed E-state index contributed by atoms with van der Waals surface area (Å²) in [4.78, 5) is 10.4. The van der Waals surface area contributed by atoms with Crippen LogP contribution in [0.5, 0.6) is 0 Å². The Labute approximate surface area is 78.3 Å². The molecule has 1 amide bonds. The van der Waals surface area contributed by atoms with Crippen molar-refractivity contribution in [2.45, 2.75) is 38.8 Å². The lowest BCUT2D eigenvalue weighted by molar-refractivity contribution is 0.185. The molecule has 0 radical (unpaired) electrons. The van der Waals surface area contributed by atoms with Gasteiger partial charge in [0.25, 0.3) is 0 Å². The molecule has 0 spiro atoms. The van der Waals surface area contributed by atoms with Crippen LogP contribution >= 0.6 is 0 Å². The Bertz CT molecular complexity index is 174. The summed E-state index contributed by atoms with van der Waals surface area (Å²) >= 11 is 0. The van der Waals surface area contributed by atoms with Crippen LogP contribution in [0.4, 0.5) is 4.79 Å². The zero-order chi connectivity index (χ0) is 9.84. The monoisotopic (exact) mass is 187 g/mol. The van der Waals surface area contributed by atoms with Crippen molar-refractivity contribution in [2.24, 2.45) is 5.92 Å². The molecule has 1 aliphatic heterocycles. The van der Waals surface area contributed by atoms with Crippen LogP contribution in [-0.4, -0.2) is 30.0 Å². The zero-order valence-electron chi connectivity index (χ0n) is 8.12. The summed E-state index contributed by atoms with van der Waals surface area (Å²) in [6.07, 6.45) is 1.04. The summed E-state index contributed by atoms with van der Waals surface area (Å²) in [5, 5.41) is 11.1. The van der Waals surface area contributed by atoms with Crippen LogP contribution in [0, 0.1) is 5.92 Å². The first-order valence-corrected chi connectivity index (χ1v) is 4.69. The predicted octanol–water partition coefficient (Wildman–Crippen LogP) is 1.46. The molecular weight excluding hydrogens is 170 g/mol. The van der Waals surface area contributed by atoms with E-state index >= 15 is 0 Å². The van der Waals surface area contributed by atoms with Crippen molar-refractivity contribution in [1.29, 1.82) is 0 Å². The van der Waals surface area contributed by atoms with Crippen molar-refractivity contribution in [3.63, 3.8) is 0 Å². The van der Waals surface area contributed by atoms with Crippen LogP contribution in [0.25, 0.3) is 0 Å². The summed E-state index contributed by atoms with van der Waals surface area (Å²) in [6.45, 7) is 4.96. The SMILES string of the molecule is CC(C)CC(C[C@H]1CO1)NC(=O)O. The lowest BCUT2D eigenvalue weighted by Crippen LogP contribution is -2.35. The molecule has 76 valence electrons. The summed E-state index contributed by atoms with van der Waals surface area (Å²) in [5.41, 5.74) is 0. The quantitative estimate of drug-likeness (QED) is 0.640. The molecule has 1 aliphatic rings. The third-order valence-electron chi connectivity index (χ3n) is 2.03. The van der Waals surface area contributed by atoms with E-state index in [1.165, 1.54) is 0 Å². The van der Waals surface area contributed by atoms with E-state index in [-0.39, 0.29) is 12.1 Å². The summed E-state index contributed by atoms with van der Waals surface area (Å²) in [6, 6.07) is 0.0463. The summed E-state index contributed by atoms with van der Waals surface area (Å²) in [7, 11) is 0. The van der Waals surface area contributed by atoms with E-state index in [0.29, 0.717) is 5.92 Å². The van der Waals surface area contributed by atoms with Gasteiger partial charge in [-0.15, -0.1) is 0 Å². The Kier molecular flexibility index (Phi) is 3.54. The lowest BCUT2D eigenvalue weighted by Gasteiger charge is -2.17. The fourth-order valence-corrected chi connectivity index (χ4v) is 1.48. The molecule has 0 saturated carbocycles. The van der Waals surface area contributed by atoms with Gasteiger partial charge in [0.15, 0.2) is 0 Å². The molecule has 2 atom stereocenters. The largest absolute Gasteiger partial charge is 0.465 e. The minimum absolute atomic E-state index is 0.0463. The van der Waals surface area contributed by atoms with Crippen LogP contribution in [-0.2, 0) is 4.74 Å². The third-order valence-corrected chi connectivity index (χ3v) is 2.03. The number of ether oxygens (including phenoxy) is 1. The van der Waals surface area contributed by atoms with Crippen LogP contribution in [0.3, 0.4) is 0 Å². The minimum Gasteiger partial charge on any atom is -0.465 e. The number of hydrogen-bond acceptors (Lipinski definition) is 2. The molecule has 0 bridgehead atoms. The fourth-order valence-electron chi connectivity index (χ4n) is 1.48. The Balaban J connectivity index is 2.27. The molecule has 0 aromatic carbocycles. The first-order chi connectivity index (χ1) is 6.08. The van der Waals surface area contributed by atoms with Gasteiger partial charge in [-0.2, -0.15) is 0 Å². The van der Waals surface area contributed by atoms with Crippen molar-refractivity contribution in [2.75, 3.05) is 6.61 Å². The van der Waals surface area contributed by atoms with Crippen molar-refractivity contribution in [3.8, 4) is 0 Å². The second-order valence-corrected chi connectivity index (χ2v) is 3.97. The predicted molar refractivity (Wildman–Crippen MR) is 48.8 cm³/mol. The maximum atomic E-state index is 10.4. The van der Waals surface area contributed by atoms with Gasteiger partial charge in [-0.3, -0.25) is 0 Å². The molecule has 0 aliphatic carbocycles. The molecule has 2 N–H and O–H groups in total. The molecule has 4 nitrogen and oxygen atoms in total. The number of nitrogens with one attached hydrogen (secondary N) is 1. The molecule has 1 unspecified atom stereocenters. The topological polar surface area (TPSA) is 61.9 Å². The van der Waals surface area contributed by atoms with Crippen LogP contribution in [0.1, 0.15) is 26.7 Å². The Hall–Kier alpha value is -0.770. The second kappa shape index (κ2) is 4.46. The van der Waals surface area contributed by atoms with Gasteiger partial charge in [-0.1, -0.05) is 13.8 Å². The zero-order valence-corrected chi connectivity index (χ0v) is 8.12. The number of hydrogen-bond donors (Lipinski definition) is 2. The minimum atomic E-state index is -0.939. The second-order valence-electron chi connectivity index (χ2n) is 3.97.